The molecule has 0 bridgehead atoms. The van der Waals surface area contributed by atoms with E-state index in [0.717, 1.165) is 18.2 Å². The van der Waals surface area contributed by atoms with Gasteiger partial charge in [-0.25, -0.2) is 0 Å². The van der Waals surface area contributed by atoms with Crippen molar-refractivity contribution in [3.8, 4) is 0 Å². The summed E-state index contributed by atoms with van der Waals surface area (Å²) in [6, 6.07) is 9.04. The second-order valence-corrected chi connectivity index (χ2v) is 6.06. The average molecular weight is 276 g/mol. The van der Waals surface area contributed by atoms with Crippen LogP contribution in [0.25, 0.3) is 0 Å². The molecule has 104 valence electrons. The first-order chi connectivity index (χ1) is 9.16. The lowest BCUT2D eigenvalue weighted by Gasteiger charge is -2.27. The summed E-state index contributed by atoms with van der Waals surface area (Å²) in [6.07, 6.45) is 8.24. The highest BCUT2D eigenvalue weighted by atomic mass is 32.1. The highest BCUT2D eigenvalue weighted by molar-refractivity contribution is 7.80. The van der Waals surface area contributed by atoms with Crippen molar-refractivity contribution in [2.24, 2.45) is 5.73 Å². The second-order valence-electron chi connectivity index (χ2n) is 5.63. The van der Waals surface area contributed by atoms with Gasteiger partial charge in [0.2, 0.25) is 0 Å². The third-order valence-electron chi connectivity index (χ3n) is 4.09. The van der Waals surface area contributed by atoms with Crippen LogP contribution in [0.2, 0.25) is 0 Å². The van der Waals surface area contributed by atoms with Gasteiger partial charge in [-0.3, -0.25) is 4.90 Å². The molecule has 0 heterocycles. The van der Waals surface area contributed by atoms with E-state index in [1.165, 1.54) is 44.1 Å². The molecule has 0 radical (unpaired) electrons. The zero-order valence-corrected chi connectivity index (χ0v) is 12.6. The van der Waals surface area contributed by atoms with Gasteiger partial charge >= 0.3 is 0 Å². The van der Waals surface area contributed by atoms with Gasteiger partial charge in [0.25, 0.3) is 0 Å². The van der Waals surface area contributed by atoms with Crippen molar-refractivity contribution in [3.63, 3.8) is 0 Å². The fourth-order valence-electron chi connectivity index (χ4n) is 2.94. The zero-order valence-electron chi connectivity index (χ0n) is 11.8. The predicted octanol–water partition coefficient (Wildman–Crippen LogP) is 3.48. The zero-order chi connectivity index (χ0) is 13.7. The van der Waals surface area contributed by atoms with Gasteiger partial charge in [-0.1, -0.05) is 56.1 Å². The van der Waals surface area contributed by atoms with Crippen LogP contribution in [0.5, 0.6) is 0 Å². The Labute approximate surface area is 122 Å². The monoisotopic (exact) mass is 276 g/mol. The SMILES string of the molecule is CN(Cc1cccc(C(N)=S)c1)C1CCCCCC1. The van der Waals surface area contributed by atoms with E-state index >= 15 is 0 Å². The summed E-state index contributed by atoms with van der Waals surface area (Å²) in [7, 11) is 2.24. The number of nitrogens with two attached hydrogens (primary N) is 1. The van der Waals surface area contributed by atoms with E-state index in [0.29, 0.717) is 4.99 Å². The van der Waals surface area contributed by atoms with Gasteiger partial charge in [0.1, 0.15) is 4.99 Å². The molecule has 0 amide bonds. The maximum absolute atomic E-state index is 5.69. The molecule has 1 aliphatic rings. The van der Waals surface area contributed by atoms with Crippen molar-refractivity contribution >= 4 is 17.2 Å². The Morgan fingerprint density at radius 3 is 2.58 bits per heavy atom. The normalized spacial score (nSPS) is 17.4. The molecule has 2 rings (SSSR count). The number of thiocarbonyl (C=S) groups is 1. The molecule has 1 aromatic rings. The maximum Gasteiger partial charge on any atom is 0.103 e. The summed E-state index contributed by atoms with van der Waals surface area (Å²) in [5, 5.41) is 0. The minimum Gasteiger partial charge on any atom is -0.389 e. The molecule has 2 N–H and O–H groups in total. The van der Waals surface area contributed by atoms with Gasteiger partial charge in [-0.05, 0) is 31.5 Å². The lowest BCUT2D eigenvalue weighted by Crippen LogP contribution is -2.30. The van der Waals surface area contributed by atoms with Crippen LogP contribution in [0.1, 0.15) is 49.7 Å². The molecule has 0 saturated heterocycles. The molecule has 3 heteroatoms. The number of hydrogen-bond donors (Lipinski definition) is 1. The first-order valence-corrected chi connectivity index (χ1v) is 7.66. The fourth-order valence-corrected chi connectivity index (χ4v) is 3.07. The van der Waals surface area contributed by atoms with Crippen LogP contribution in [0.4, 0.5) is 0 Å². The lowest BCUT2D eigenvalue weighted by atomic mass is 10.1. The van der Waals surface area contributed by atoms with Crippen LogP contribution in [-0.2, 0) is 6.54 Å². The van der Waals surface area contributed by atoms with Crippen molar-refractivity contribution in [1.82, 2.24) is 4.90 Å². The van der Waals surface area contributed by atoms with Crippen molar-refractivity contribution in [2.75, 3.05) is 7.05 Å². The summed E-state index contributed by atoms with van der Waals surface area (Å²) in [4.78, 5) is 2.98. The molecule has 0 atom stereocenters. The van der Waals surface area contributed by atoms with Crippen LogP contribution in [0.15, 0.2) is 24.3 Å². The first-order valence-electron chi connectivity index (χ1n) is 7.26. The Balaban J connectivity index is 1.99. The summed E-state index contributed by atoms with van der Waals surface area (Å²) < 4.78 is 0. The molecule has 1 aromatic carbocycles. The van der Waals surface area contributed by atoms with E-state index in [2.05, 4.69) is 24.1 Å². The fraction of sp³-hybridized carbons (Fsp3) is 0.562. The number of hydrogen-bond acceptors (Lipinski definition) is 2. The molecule has 1 saturated carbocycles. The highest BCUT2D eigenvalue weighted by Gasteiger charge is 2.16. The van der Waals surface area contributed by atoms with E-state index in [4.69, 9.17) is 18.0 Å². The Morgan fingerprint density at radius 2 is 1.95 bits per heavy atom. The Kier molecular flexibility index (Phi) is 5.34. The van der Waals surface area contributed by atoms with Gasteiger partial charge in [0.15, 0.2) is 0 Å². The largest absolute Gasteiger partial charge is 0.389 e. The van der Waals surface area contributed by atoms with Crippen LogP contribution < -0.4 is 5.73 Å². The molecular weight excluding hydrogens is 252 g/mol. The first kappa shape index (κ1) is 14.5. The van der Waals surface area contributed by atoms with Crippen LogP contribution in [0.3, 0.4) is 0 Å². The Morgan fingerprint density at radius 1 is 1.26 bits per heavy atom. The molecule has 0 unspecified atom stereocenters. The van der Waals surface area contributed by atoms with Crippen molar-refractivity contribution in [3.05, 3.63) is 35.4 Å². The predicted molar refractivity (Wildman–Crippen MR) is 85.3 cm³/mol. The molecule has 1 aliphatic carbocycles. The van der Waals surface area contributed by atoms with Crippen molar-refractivity contribution in [2.45, 2.75) is 51.1 Å². The van der Waals surface area contributed by atoms with Gasteiger partial charge in [-0.2, -0.15) is 0 Å². The quantitative estimate of drug-likeness (QED) is 0.674. The summed E-state index contributed by atoms with van der Waals surface area (Å²) in [6.45, 7) is 0.987. The topological polar surface area (TPSA) is 29.3 Å². The van der Waals surface area contributed by atoms with Crippen molar-refractivity contribution in [1.29, 1.82) is 0 Å². The molecule has 1 fully saturated rings. The minimum atomic E-state index is 0.485. The average Bonchev–Trinajstić information content (AvgIpc) is 2.68. The van der Waals surface area contributed by atoms with Crippen LogP contribution >= 0.6 is 12.2 Å². The minimum absolute atomic E-state index is 0.485. The van der Waals surface area contributed by atoms with E-state index < -0.39 is 0 Å². The van der Waals surface area contributed by atoms with E-state index in [-0.39, 0.29) is 0 Å². The number of benzene rings is 1. The second kappa shape index (κ2) is 7.01. The molecule has 2 nitrogen and oxygen atoms in total. The lowest BCUT2D eigenvalue weighted by molar-refractivity contribution is 0.213. The van der Waals surface area contributed by atoms with E-state index in [9.17, 15) is 0 Å². The standard InChI is InChI=1S/C16H24N2S/c1-18(15-9-4-2-3-5-10-15)12-13-7-6-8-14(11-13)16(17)19/h6-8,11,15H,2-5,9-10,12H2,1H3,(H2,17,19). The summed E-state index contributed by atoms with van der Waals surface area (Å²) in [5.41, 5.74) is 7.97. The third-order valence-corrected chi connectivity index (χ3v) is 4.33. The highest BCUT2D eigenvalue weighted by Crippen LogP contribution is 2.22. The molecule has 0 aliphatic heterocycles. The Hall–Kier alpha value is -0.930. The van der Waals surface area contributed by atoms with E-state index in [1.54, 1.807) is 0 Å². The molecule has 19 heavy (non-hydrogen) atoms. The summed E-state index contributed by atoms with van der Waals surface area (Å²) in [5.74, 6) is 0. The van der Waals surface area contributed by atoms with Crippen LogP contribution in [-0.4, -0.2) is 23.0 Å². The Bertz CT molecular complexity index is 423. The van der Waals surface area contributed by atoms with Gasteiger partial charge < -0.3 is 5.73 Å². The summed E-state index contributed by atoms with van der Waals surface area (Å²) >= 11 is 5.04. The van der Waals surface area contributed by atoms with Crippen molar-refractivity contribution < 1.29 is 0 Å². The molecule has 0 aromatic heterocycles. The molecular formula is C16H24N2S. The maximum atomic E-state index is 5.69. The van der Waals surface area contributed by atoms with Crippen LogP contribution in [0, 0.1) is 0 Å². The third kappa shape index (κ3) is 4.29. The van der Waals surface area contributed by atoms with Gasteiger partial charge in [0.05, 0.1) is 0 Å². The van der Waals surface area contributed by atoms with E-state index in [1.807, 2.05) is 12.1 Å². The van der Waals surface area contributed by atoms with Gasteiger partial charge in [0, 0.05) is 18.2 Å². The number of nitrogens with zero attached hydrogens (tertiary/aromatic N) is 1. The molecule has 0 spiro atoms. The van der Waals surface area contributed by atoms with Gasteiger partial charge in [-0.15, -0.1) is 0 Å². The number of rotatable bonds is 4. The smallest absolute Gasteiger partial charge is 0.103 e.